The van der Waals surface area contributed by atoms with Gasteiger partial charge in [0.25, 0.3) is 0 Å². The molecule has 0 aromatic heterocycles. The molecule has 1 saturated heterocycles. The number of anilines is 1. The Morgan fingerprint density at radius 2 is 1.57 bits per heavy atom. The van der Waals surface area contributed by atoms with E-state index in [-0.39, 0.29) is 0 Å². The van der Waals surface area contributed by atoms with Gasteiger partial charge in [0.1, 0.15) is 0 Å². The number of benzene rings is 1. The Morgan fingerprint density at radius 1 is 1.00 bits per heavy atom. The highest BCUT2D eigenvalue weighted by Gasteiger charge is 2.13. The van der Waals surface area contributed by atoms with Crippen molar-refractivity contribution in [1.29, 1.82) is 0 Å². The minimum atomic E-state index is 1.09. The lowest BCUT2D eigenvalue weighted by atomic mass is 10.2. The van der Waals surface area contributed by atoms with E-state index in [4.69, 9.17) is 0 Å². The second kappa shape index (κ2) is 4.01. The Bertz CT molecular complexity index is 284. The number of rotatable bonds is 1. The van der Waals surface area contributed by atoms with Gasteiger partial charge in [-0.2, -0.15) is 0 Å². The summed E-state index contributed by atoms with van der Waals surface area (Å²) in [6.45, 7) is 8.47. The van der Waals surface area contributed by atoms with Gasteiger partial charge in [-0.05, 0) is 31.7 Å². The van der Waals surface area contributed by atoms with E-state index in [0.717, 1.165) is 31.7 Å². The number of piperazine rings is 1. The van der Waals surface area contributed by atoms with E-state index in [1.165, 1.54) is 5.69 Å². The molecule has 75 valence electrons. The number of hydrogen-bond donors (Lipinski definition) is 0. The van der Waals surface area contributed by atoms with Gasteiger partial charge in [-0.1, -0.05) is 12.1 Å². The van der Waals surface area contributed by atoms with Gasteiger partial charge >= 0.3 is 0 Å². The van der Waals surface area contributed by atoms with Crippen LogP contribution in [0.1, 0.15) is 5.56 Å². The third-order valence-corrected chi connectivity index (χ3v) is 2.80. The molecule has 1 heterocycles. The molecular weight excluding hydrogens is 172 g/mol. The maximum absolute atomic E-state index is 3.89. The summed E-state index contributed by atoms with van der Waals surface area (Å²) >= 11 is 0. The van der Waals surface area contributed by atoms with E-state index in [1.54, 1.807) is 0 Å². The molecule has 1 aliphatic heterocycles. The van der Waals surface area contributed by atoms with Crippen molar-refractivity contribution in [2.24, 2.45) is 0 Å². The van der Waals surface area contributed by atoms with Gasteiger partial charge in [0.2, 0.25) is 0 Å². The molecule has 1 aliphatic rings. The van der Waals surface area contributed by atoms with Crippen LogP contribution in [0.4, 0.5) is 5.69 Å². The zero-order chi connectivity index (χ0) is 9.97. The van der Waals surface area contributed by atoms with E-state index < -0.39 is 0 Å². The van der Waals surface area contributed by atoms with Gasteiger partial charge in [0.15, 0.2) is 0 Å². The van der Waals surface area contributed by atoms with Crippen molar-refractivity contribution >= 4 is 5.69 Å². The topological polar surface area (TPSA) is 6.48 Å². The van der Waals surface area contributed by atoms with Crippen molar-refractivity contribution in [1.82, 2.24) is 4.90 Å². The predicted molar refractivity (Wildman–Crippen MR) is 60.6 cm³/mol. The summed E-state index contributed by atoms with van der Waals surface area (Å²) < 4.78 is 0. The lowest BCUT2D eigenvalue weighted by Gasteiger charge is -2.34. The van der Waals surface area contributed by atoms with E-state index in [2.05, 4.69) is 48.0 Å². The fourth-order valence-corrected chi connectivity index (χ4v) is 1.77. The van der Waals surface area contributed by atoms with Crippen LogP contribution in [0.2, 0.25) is 0 Å². The normalized spacial score (nSPS) is 18.6. The first-order valence-electron chi connectivity index (χ1n) is 5.11. The van der Waals surface area contributed by atoms with Crippen molar-refractivity contribution in [2.75, 3.05) is 38.1 Å². The summed E-state index contributed by atoms with van der Waals surface area (Å²) in [5, 5.41) is 0. The maximum atomic E-state index is 3.89. The van der Waals surface area contributed by atoms with Crippen LogP contribution < -0.4 is 4.90 Å². The Labute approximate surface area is 86.1 Å². The smallest absolute Gasteiger partial charge is 0.0367 e. The highest BCUT2D eigenvalue weighted by Crippen LogP contribution is 2.16. The quantitative estimate of drug-likeness (QED) is 0.662. The Kier molecular flexibility index (Phi) is 2.73. The average Bonchev–Trinajstić information content (AvgIpc) is 2.21. The molecule has 0 atom stereocenters. The summed E-state index contributed by atoms with van der Waals surface area (Å²) in [4.78, 5) is 4.80. The molecule has 0 N–H and O–H groups in total. The van der Waals surface area contributed by atoms with E-state index in [0.29, 0.717) is 0 Å². The molecule has 0 amide bonds. The van der Waals surface area contributed by atoms with Crippen LogP contribution in [0.3, 0.4) is 0 Å². The first-order valence-corrected chi connectivity index (χ1v) is 5.11. The van der Waals surface area contributed by atoms with Crippen molar-refractivity contribution in [3.05, 3.63) is 36.8 Å². The van der Waals surface area contributed by atoms with Crippen LogP contribution in [-0.4, -0.2) is 38.1 Å². The molecule has 0 saturated carbocycles. The van der Waals surface area contributed by atoms with E-state index in [1.807, 2.05) is 0 Å². The van der Waals surface area contributed by atoms with E-state index >= 15 is 0 Å². The first kappa shape index (κ1) is 9.53. The molecule has 1 aromatic rings. The molecule has 2 nitrogen and oxygen atoms in total. The summed E-state index contributed by atoms with van der Waals surface area (Å²) in [6, 6.07) is 8.47. The second-order valence-electron chi connectivity index (χ2n) is 3.96. The number of nitrogens with zero attached hydrogens (tertiary/aromatic N) is 2. The maximum Gasteiger partial charge on any atom is 0.0367 e. The molecule has 0 bridgehead atoms. The number of hydrogen-bond acceptors (Lipinski definition) is 2. The zero-order valence-electron chi connectivity index (χ0n) is 8.74. The molecule has 0 spiro atoms. The van der Waals surface area contributed by atoms with Crippen LogP contribution in [0.25, 0.3) is 0 Å². The monoisotopic (exact) mass is 189 g/mol. The van der Waals surface area contributed by atoms with Gasteiger partial charge in [0.05, 0.1) is 0 Å². The molecule has 0 aliphatic carbocycles. The largest absolute Gasteiger partial charge is 0.369 e. The van der Waals surface area contributed by atoms with Crippen LogP contribution in [0.5, 0.6) is 0 Å². The Hall–Kier alpha value is -1.02. The number of likely N-dealkylation sites (N-methyl/N-ethyl adjacent to an activating group) is 1. The molecular formula is C12H17N2. The predicted octanol–water partition coefficient (Wildman–Crippen LogP) is 1.62. The zero-order valence-corrected chi connectivity index (χ0v) is 8.74. The van der Waals surface area contributed by atoms with Crippen LogP contribution in [-0.2, 0) is 0 Å². The molecule has 1 aromatic carbocycles. The molecule has 14 heavy (non-hydrogen) atoms. The first-order chi connectivity index (χ1) is 6.75. The fraction of sp³-hybridized carbons (Fsp3) is 0.417. The van der Waals surface area contributed by atoms with Crippen molar-refractivity contribution < 1.29 is 0 Å². The van der Waals surface area contributed by atoms with Crippen molar-refractivity contribution in [3.8, 4) is 0 Å². The standard InChI is InChI=1S/C12H17N2/c1-11-3-5-12(6-4-11)14-9-7-13(2)8-10-14/h3-6H,1,7-10H2,2H3. The summed E-state index contributed by atoms with van der Waals surface area (Å²) in [7, 11) is 2.18. The molecule has 1 fully saturated rings. The molecule has 1 radical (unpaired) electrons. The van der Waals surface area contributed by atoms with Gasteiger partial charge in [0, 0.05) is 31.9 Å². The van der Waals surface area contributed by atoms with Gasteiger partial charge < -0.3 is 9.80 Å². The van der Waals surface area contributed by atoms with Gasteiger partial charge in [-0.15, -0.1) is 0 Å². The lowest BCUT2D eigenvalue weighted by molar-refractivity contribution is 0.313. The second-order valence-corrected chi connectivity index (χ2v) is 3.96. The summed E-state index contributed by atoms with van der Waals surface area (Å²) in [6.07, 6.45) is 0. The van der Waals surface area contributed by atoms with Crippen LogP contribution in [0, 0.1) is 6.92 Å². The minimum Gasteiger partial charge on any atom is -0.369 e. The van der Waals surface area contributed by atoms with Crippen LogP contribution in [0.15, 0.2) is 24.3 Å². The summed E-state index contributed by atoms with van der Waals surface area (Å²) in [5.41, 5.74) is 2.41. The van der Waals surface area contributed by atoms with Gasteiger partial charge in [-0.3, -0.25) is 0 Å². The lowest BCUT2D eigenvalue weighted by Crippen LogP contribution is -2.44. The van der Waals surface area contributed by atoms with Crippen molar-refractivity contribution in [2.45, 2.75) is 0 Å². The van der Waals surface area contributed by atoms with E-state index in [9.17, 15) is 0 Å². The highest BCUT2D eigenvalue weighted by molar-refractivity contribution is 5.48. The van der Waals surface area contributed by atoms with Gasteiger partial charge in [-0.25, -0.2) is 0 Å². The average molecular weight is 189 g/mol. The Morgan fingerprint density at radius 3 is 2.14 bits per heavy atom. The highest BCUT2D eigenvalue weighted by atomic mass is 15.2. The molecule has 2 rings (SSSR count). The van der Waals surface area contributed by atoms with Crippen LogP contribution >= 0.6 is 0 Å². The minimum absolute atomic E-state index is 1.09. The Balaban J connectivity index is 2.05. The third-order valence-electron chi connectivity index (χ3n) is 2.80. The fourth-order valence-electron chi connectivity index (χ4n) is 1.77. The SMILES string of the molecule is [CH2]c1ccc(N2CCN(C)CC2)cc1. The van der Waals surface area contributed by atoms with Crippen molar-refractivity contribution in [3.63, 3.8) is 0 Å². The summed E-state index contributed by atoms with van der Waals surface area (Å²) in [5.74, 6) is 0. The third kappa shape index (κ3) is 2.07. The molecule has 2 heteroatoms. The molecule has 0 unspecified atom stereocenters.